The molecule has 1 unspecified atom stereocenters. The van der Waals surface area contributed by atoms with Gasteiger partial charge in [-0.25, -0.2) is 0 Å². The summed E-state index contributed by atoms with van der Waals surface area (Å²) in [5.74, 6) is -0.251. The highest BCUT2D eigenvalue weighted by Gasteiger charge is 2.55. The molecule has 1 aliphatic carbocycles. The Balaban J connectivity index is 2.14. The van der Waals surface area contributed by atoms with Gasteiger partial charge in [0.25, 0.3) is 0 Å². The van der Waals surface area contributed by atoms with Crippen LogP contribution in [0.4, 0.5) is 0 Å². The summed E-state index contributed by atoms with van der Waals surface area (Å²) in [5.41, 5.74) is -0.193. The summed E-state index contributed by atoms with van der Waals surface area (Å²) in [5, 5.41) is 5.30. The largest absolute Gasteiger partial charge is 0.309 e. The molecule has 0 aromatic carbocycles. The lowest BCUT2D eigenvalue weighted by atomic mass is 9.91. The first-order valence-electron chi connectivity index (χ1n) is 4.20. The van der Waals surface area contributed by atoms with Crippen LogP contribution >= 0.6 is 0 Å². The van der Waals surface area contributed by atoms with E-state index in [9.17, 15) is 9.59 Å². The Morgan fingerprint density at radius 1 is 1.50 bits per heavy atom. The molecule has 1 saturated carbocycles. The van der Waals surface area contributed by atoms with Crippen molar-refractivity contribution in [2.24, 2.45) is 5.41 Å². The van der Waals surface area contributed by atoms with Crippen LogP contribution in [-0.2, 0) is 9.59 Å². The minimum absolute atomic E-state index is 0.0704. The van der Waals surface area contributed by atoms with Crippen LogP contribution in [0.1, 0.15) is 19.3 Å². The molecule has 4 nitrogen and oxygen atoms in total. The van der Waals surface area contributed by atoms with E-state index in [4.69, 9.17) is 0 Å². The molecule has 12 heavy (non-hydrogen) atoms. The molecule has 4 heteroatoms. The van der Waals surface area contributed by atoms with Crippen LogP contribution < -0.4 is 10.6 Å². The number of carbonyl (C=O) groups excluding carboxylic acids is 2. The summed E-state index contributed by atoms with van der Waals surface area (Å²) < 4.78 is 0. The van der Waals surface area contributed by atoms with Gasteiger partial charge in [-0.1, -0.05) is 0 Å². The normalized spacial score (nSPS) is 31.9. The molecule has 2 N–H and O–H groups in total. The highest BCUT2D eigenvalue weighted by molar-refractivity contribution is 6.04. The molecule has 2 fully saturated rings. The lowest BCUT2D eigenvalue weighted by molar-refractivity contribution is -0.139. The lowest BCUT2D eigenvalue weighted by Crippen LogP contribution is -2.54. The van der Waals surface area contributed by atoms with Crippen molar-refractivity contribution in [1.29, 1.82) is 0 Å². The van der Waals surface area contributed by atoms with Crippen molar-refractivity contribution in [2.45, 2.75) is 25.3 Å². The van der Waals surface area contributed by atoms with Gasteiger partial charge in [0.1, 0.15) is 0 Å². The minimum Gasteiger partial charge on any atom is -0.309 e. The predicted octanol–water partition coefficient (Wildman–Crippen LogP) is -0.599. The maximum atomic E-state index is 11.3. The van der Waals surface area contributed by atoms with Gasteiger partial charge in [0.2, 0.25) is 11.8 Å². The standard InChI is InChI=1S/C8H12N2O2/c1-9-5-4-8(2-3-8)7(12)10-6(5)11/h5,9H,2-4H2,1H3,(H,10,11,12). The molecule has 0 radical (unpaired) electrons. The van der Waals surface area contributed by atoms with Crippen molar-refractivity contribution < 1.29 is 9.59 Å². The third kappa shape index (κ3) is 0.948. The zero-order chi connectivity index (χ0) is 8.77. The lowest BCUT2D eigenvalue weighted by Gasteiger charge is -2.26. The van der Waals surface area contributed by atoms with Crippen LogP contribution in [-0.4, -0.2) is 24.9 Å². The molecule has 2 amide bonds. The molecule has 0 aromatic heterocycles. The summed E-state index contributed by atoms with van der Waals surface area (Å²) in [6.45, 7) is 0. The van der Waals surface area contributed by atoms with Gasteiger partial charge < -0.3 is 5.32 Å². The number of likely N-dealkylation sites (N-methyl/N-ethyl adjacent to an activating group) is 1. The fraction of sp³-hybridized carbons (Fsp3) is 0.750. The number of nitrogens with one attached hydrogen (secondary N) is 2. The second-order valence-electron chi connectivity index (χ2n) is 3.64. The fourth-order valence-electron chi connectivity index (χ4n) is 1.72. The number of carbonyl (C=O) groups is 2. The Morgan fingerprint density at radius 3 is 2.67 bits per heavy atom. The van der Waals surface area contributed by atoms with Crippen LogP contribution in [0.25, 0.3) is 0 Å². The van der Waals surface area contributed by atoms with Crippen LogP contribution in [0.15, 0.2) is 0 Å². The molecule has 0 bridgehead atoms. The Labute approximate surface area is 70.7 Å². The minimum atomic E-state index is -0.193. The van der Waals surface area contributed by atoms with Gasteiger partial charge in [-0.05, 0) is 26.3 Å². The van der Waals surface area contributed by atoms with E-state index < -0.39 is 0 Å². The van der Waals surface area contributed by atoms with Gasteiger partial charge in [0, 0.05) is 0 Å². The van der Waals surface area contributed by atoms with Crippen molar-refractivity contribution in [3.8, 4) is 0 Å². The highest BCUT2D eigenvalue weighted by atomic mass is 16.2. The Bertz CT molecular complexity index is 245. The predicted molar refractivity (Wildman–Crippen MR) is 42.3 cm³/mol. The summed E-state index contributed by atoms with van der Waals surface area (Å²) in [6, 6.07) is -0.176. The van der Waals surface area contributed by atoms with E-state index in [1.807, 2.05) is 0 Å². The third-order valence-corrected chi connectivity index (χ3v) is 2.83. The van der Waals surface area contributed by atoms with Crippen molar-refractivity contribution in [3.63, 3.8) is 0 Å². The molecule has 1 atom stereocenters. The SMILES string of the molecule is CNC1CC2(CC2)C(=O)NC1=O. The van der Waals surface area contributed by atoms with Gasteiger partial charge in [-0.3, -0.25) is 14.9 Å². The van der Waals surface area contributed by atoms with Gasteiger partial charge in [-0.15, -0.1) is 0 Å². The molecule has 1 spiro atoms. The second kappa shape index (κ2) is 2.29. The molecule has 0 aromatic rings. The van der Waals surface area contributed by atoms with E-state index in [2.05, 4.69) is 10.6 Å². The zero-order valence-corrected chi connectivity index (χ0v) is 7.02. The van der Waals surface area contributed by atoms with Crippen molar-refractivity contribution in [2.75, 3.05) is 7.05 Å². The molecular formula is C8H12N2O2. The maximum Gasteiger partial charge on any atom is 0.243 e. The number of imide groups is 1. The first kappa shape index (κ1) is 7.73. The number of hydrogen-bond donors (Lipinski definition) is 2. The van der Waals surface area contributed by atoms with Gasteiger partial charge in [0.05, 0.1) is 11.5 Å². The summed E-state index contributed by atoms with van der Waals surface area (Å²) >= 11 is 0. The average molecular weight is 168 g/mol. The fourth-order valence-corrected chi connectivity index (χ4v) is 1.72. The van der Waals surface area contributed by atoms with E-state index >= 15 is 0 Å². The topological polar surface area (TPSA) is 58.2 Å². The van der Waals surface area contributed by atoms with E-state index in [1.54, 1.807) is 7.05 Å². The molecule has 1 heterocycles. The number of rotatable bonds is 1. The molecular weight excluding hydrogens is 156 g/mol. The molecule has 1 saturated heterocycles. The van der Waals surface area contributed by atoms with Crippen molar-refractivity contribution in [1.82, 2.24) is 10.6 Å². The highest BCUT2D eigenvalue weighted by Crippen LogP contribution is 2.51. The first-order valence-corrected chi connectivity index (χ1v) is 4.20. The molecule has 66 valence electrons. The molecule has 1 aliphatic heterocycles. The first-order chi connectivity index (χ1) is 5.68. The Kier molecular flexibility index (Phi) is 1.48. The van der Waals surface area contributed by atoms with Crippen molar-refractivity contribution in [3.05, 3.63) is 0 Å². The van der Waals surface area contributed by atoms with Gasteiger partial charge in [-0.2, -0.15) is 0 Å². The quantitative estimate of drug-likeness (QED) is 0.514. The van der Waals surface area contributed by atoms with E-state index in [0.29, 0.717) is 6.42 Å². The molecule has 2 aliphatic rings. The van der Waals surface area contributed by atoms with E-state index in [-0.39, 0.29) is 23.3 Å². The Hall–Kier alpha value is -0.900. The smallest absolute Gasteiger partial charge is 0.243 e. The van der Waals surface area contributed by atoms with Crippen LogP contribution in [0, 0.1) is 5.41 Å². The van der Waals surface area contributed by atoms with Gasteiger partial charge in [0.15, 0.2) is 0 Å². The van der Waals surface area contributed by atoms with E-state index in [1.165, 1.54) is 0 Å². The summed E-state index contributed by atoms with van der Waals surface area (Å²) in [7, 11) is 1.75. The zero-order valence-electron chi connectivity index (χ0n) is 7.02. The number of amides is 2. The summed E-state index contributed by atoms with van der Waals surface area (Å²) in [6.07, 6.45) is 2.54. The monoisotopic (exact) mass is 168 g/mol. The average Bonchev–Trinajstić information content (AvgIpc) is 2.79. The number of hydrogen-bond acceptors (Lipinski definition) is 3. The van der Waals surface area contributed by atoms with Gasteiger partial charge >= 0.3 is 0 Å². The van der Waals surface area contributed by atoms with Crippen LogP contribution in [0.2, 0.25) is 0 Å². The second-order valence-corrected chi connectivity index (χ2v) is 3.64. The third-order valence-electron chi connectivity index (χ3n) is 2.83. The van der Waals surface area contributed by atoms with E-state index in [0.717, 1.165) is 12.8 Å². The van der Waals surface area contributed by atoms with Crippen LogP contribution in [0.5, 0.6) is 0 Å². The number of piperidine rings is 1. The summed E-state index contributed by atoms with van der Waals surface area (Å²) in [4.78, 5) is 22.4. The van der Waals surface area contributed by atoms with Crippen molar-refractivity contribution >= 4 is 11.8 Å². The Morgan fingerprint density at radius 2 is 2.17 bits per heavy atom. The maximum absolute atomic E-state index is 11.3. The van der Waals surface area contributed by atoms with Crippen LogP contribution in [0.3, 0.4) is 0 Å². The molecule has 2 rings (SSSR count).